The fraction of sp³-hybridized carbons (Fsp3) is 0.389. The van der Waals surface area contributed by atoms with Gasteiger partial charge in [0.1, 0.15) is 17.6 Å². The van der Waals surface area contributed by atoms with Crippen molar-refractivity contribution in [3.05, 3.63) is 54.3 Å². The monoisotopic (exact) mass is 386 g/mol. The normalized spacial score (nSPS) is 15.7. The number of amides is 1. The number of hydrogen-bond donors (Lipinski definition) is 1. The molecule has 8 nitrogen and oxygen atoms in total. The summed E-state index contributed by atoms with van der Waals surface area (Å²) in [6, 6.07) is 4.38. The maximum Gasteiger partial charge on any atom is 0.288 e. The number of nitrogens with one attached hydrogen (secondary N) is 1. The zero-order chi connectivity index (χ0) is 19.7. The van der Waals surface area contributed by atoms with Gasteiger partial charge in [-0.3, -0.25) is 24.3 Å². The van der Waals surface area contributed by atoms with Crippen LogP contribution in [-0.4, -0.2) is 15.4 Å². The quantitative estimate of drug-likeness (QED) is 0.640. The molecule has 2 aromatic rings. The molecule has 0 radical (unpaired) electrons. The number of carbonyl (C=O) groups excluding carboxylic acids is 1. The number of aromatic nitrogens is 1. The van der Waals surface area contributed by atoms with E-state index in [1.165, 1.54) is 18.3 Å². The van der Waals surface area contributed by atoms with E-state index in [-0.39, 0.29) is 17.9 Å². The molecular formula is C18H18N4O4S. The van der Waals surface area contributed by atoms with Crippen LogP contribution in [0.15, 0.2) is 16.9 Å². The molecule has 0 fully saturated rings. The van der Waals surface area contributed by atoms with Crippen molar-refractivity contribution < 1.29 is 9.72 Å². The van der Waals surface area contributed by atoms with Gasteiger partial charge < -0.3 is 5.32 Å². The van der Waals surface area contributed by atoms with Crippen molar-refractivity contribution in [3.63, 3.8) is 0 Å². The maximum absolute atomic E-state index is 12.5. The number of nitrogens with zero attached hydrogens (tertiary/aromatic N) is 3. The summed E-state index contributed by atoms with van der Waals surface area (Å²) in [7, 11) is 0. The second-order valence-electron chi connectivity index (χ2n) is 6.70. The van der Waals surface area contributed by atoms with Crippen LogP contribution < -0.4 is 10.9 Å². The van der Waals surface area contributed by atoms with Crippen molar-refractivity contribution in [3.8, 4) is 6.07 Å². The lowest BCUT2D eigenvalue weighted by atomic mass is 9.89. The summed E-state index contributed by atoms with van der Waals surface area (Å²) in [5.74, 6) is 0.0428. The van der Waals surface area contributed by atoms with E-state index in [1.54, 1.807) is 0 Å². The molecule has 1 unspecified atom stereocenters. The van der Waals surface area contributed by atoms with Crippen LogP contribution >= 0.6 is 11.3 Å². The van der Waals surface area contributed by atoms with Crippen LogP contribution in [0, 0.1) is 34.3 Å². The highest BCUT2D eigenvalue weighted by Gasteiger charge is 2.25. The molecule has 0 aromatic carbocycles. The SMILES string of the molecule is Cc1c([N+](=O)[O-])ccc(=O)n1CC(=O)Nc1sc2c(c1C#N)CCC(C)C2. The Morgan fingerprint density at radius 3 is 2.93 bits per heavy atom. The standard InChI is InChI=1S/C18H18N4O4S/c1-10-3-4-12-13(8-19)18(27-15(12)7-10)20-16(23)9-21-11(2)14(22(25)26)5-6-17(21)24/h5-6,10H,3-4,7,9H2,1-2H3,(H,20,23). The Bertz CT molecular complexity index is 1030. The number of fused-ring (bicyclic) bond motifs is 1. The van der Waals surface area contributed by atoms with E-state index in [1.807, 2.05) is 0 Å². The van der Waals surface area contributed by atoms with E-state index in [9.17, 15) is 25.0 Å². The van der Waals surface area contributed by atoms with Crippen molar-refractivity contribution >= 4 is 27.9 Å². The van der Waals surface area contributed by atoms with Crippen molar-refractivity contribution in [2.24, 2.45) is 5.92 Å². The molecule has 0 spiro atoms. The summed E-state index contributed by atoms with van der Waals surface area (Å²) in [5.41, 5.74) is 0.883. The zero-order valence-electron chi connectivity index (χ0n) is 14.9. The Morgan fingerprint density at radius 1 is 1.52 bits per heavy atom. The Balaban J connectivity index is 1.86. The number of rotatable bonds is 4. The number of anilines is 1. The molecule has 27 heavy (non-hydrogen) atoms. The molecule has 9 heteroatoms. The van der Waals surface area contributed by atoms with Crippen molar-refractivity contribution in [2.45, 2.75) is 39.7 Å². The number of thiophene rings is 1. The highest BCUT2D eigenvalue weighted by molar-refractivity contribution is 7.16. The Hall–Kier alpha value is -2.99. The predicted octanol–water partition coefficient (Wildman–Crippen LogP) is 2.76. The molecule has 0 bridgehead atoms. The molecule has 3 rings (SSSR count). The topological polar surface area (TPSA) is 118 Å². The van der Waals surface area contributed by atoms with Crippen molar-refractivity contribution in [2.75, 3.05) is 5.32 Å². The summed E-state index contributed by atoms with van der Waals surface area (Å²) in [6.07, 6.45) is 2.71. The van der Waals surface area contributed by atoms with E-state index in [4.69, 9.17) is 0 Å². The molecule has 1 aliphatic carbocycles. The largest absolute Gasteiger partial charge is 0.315 e. The van der Waals surface area contributed by atoms with Gasteiger partial charge in [-0.1, -0.05) is 6.92 Å². The van der Waals surface area contributed by atoms with Gasteiger partial charge in [-0.15, -0.1) is 11.3 Å². The van der Waals surface area contributed by atoms with Gasteiger partial charge in [0.15, 0.2) is 0 Å². The zero-order valence-corrected chi connectivity index (χ0v) is 15.8. The first kappa shape index (κ1) is 18.8. The summed E-state index contributed by atoms with van der Waals surface area (Å²) in [4.78, 5) is 36.1. The highest BCUT2D eigenvalue weighted by atomic mass is 32.1. The van der Waals surface area contributed by atoms with Crippen LogP contribution in [0.1, 0.15) is 35.0 Å². The van der Waals surface area contributed by atoms with Crippen LogP contribution in [0.5, 0.6) is 0 Å². The van der Waals surface area contributed by atoms with Gasteiger partial charge in [-0.2, -0.15) is 5.26 Å². The van der Waals surface area contributed by atoms with Crippen LogP contribution in [0.2, 0.25) is 0 Å². The smallest absolute Gasteiger partial charge is 0.288 e. The Labute approximate surface area is 159 Å². The van der Waals surface area contributed by atoms with Crippen LogP contribution in [0.3, 0.4) is 0 Å². The lowest BCUT2D eigenvalue weighted by Crippen LogP contribution is -2.29. The van der Waals surface area contributed by atoms with E-state index >= 15 is 0 Å². The Morgan fingerprint density at radius 2 is 2.26 bits per heavy atom. The van der Waals surface area contributed by atoms with Crippen molar-refractivity contribution in [1.29, 1.82) is 5.26 Å². The summed E-state index contributed by atoms with van der Waals surface area (Å²) < 4.78 is 1.06. The van der Waals surface area contributed by atoms with Crippen LogP contribution in [0.4, 0.5) is 10.7 Å². The lowest BCUT2D eigenvalue weighted by Gasteiger charge is -2.17. The maximum atomic E-state index is 12.5. The number of pyridine rings is 1. The lowest BCUT2D eigenvalue weighted by molar-refractivity contribution is -0.386. The van der Waals surface area contributed by atoms with E-state index in [0.29, 0.717) is 16.5 Å². The van der Waals surface area contributed by atoms with Gasteiger partial charge >= 0.3 is 0 Å². The molecule has 140 valence electrons. The number of nitriles is 1. The number of carbonyl (C=O) groups is 1. The molecule has 1 aliphatic rings. The van der Waals surface area contributed by atoms with Gasteiger partial charge in [0.25, 0.3) is 11.2 Å². The van der Waals surface area contributed by atoms with Gasteiger partial charge in [0, 0.05) is 17.0 Å². The first-order valence-electron chi connectivity index (χ1n) is 8.51. The first-order chi connectivity index (χ1) is 12.8. The third kappa shape index (κ3) is 3.61. The second-order valence-corrected chi connectivity index (χ2v) is 7.81. The summed E-state index contributed by atoms with van der Waals surface area (Å²) in [6.45, 7) is 3.24. The van der Waals surface area contributed by atoms with E-state index < -0.39 is 16.4 Å². The first-order valence-corrected chi connectivity index (χ1v) is 9.32. The van der Waals surface area contributed by atoms with Crippen LogP contribution in [-0.2, 0) is 24.2 Å². The molecule has 1 amide bonds. The summed E-state index contributed by atoms with van der Waals surface area (Å²) >= 11 is 1.40. The van der Waals surface area contributed by atoms with Crippen molar-refractivity contribution in [1.82, 2.24) is 4.57 Å². The molecule has 1 N–H and O–H groups in total. The number of hydrogen-bond acceptors (Lipinski definition) is 6. The minimum absolute atomic E-state index is 0.113. The highest BCUT2D eigenvalue weighted by Crippen LogP contribution is 2.39. The minimum atomic E-state index is -0.592. The van der Waals surface area contributed by atoms with Gasteiger partial charge in [0.05, 0.1) is 16.2 Å². The molecule has 0 saturated carbocycles. The van der Waals surface area contributed by atoms with Gasteiger partial charge in [-0.25, -0.2) is 0 Å². The average molecular weight is 386 g/mol. The molecule has 2 aromatic heterocycles. The predicted molar refractivity (Wildman–Crippen MR) is 101 cm³/mol. The van der Waals surface area contributed by atoms with Gasteiger partial charge in [-0.05, 0) is 37.7 Å². The minimum Gasteiger partial charge on any atom is -0.315 e. The third-order valence-corrected chi connectivity index (χ3v) is 5.97. The van der Waals surface area contributed by atoms with E-state index in [0.717, 1.165) is 46.4 Å². The van der Waals surface area contributed by atoms with Gasteiger partial charge in [0.2, 0.25) is 5.91 Å². The fourth-order valence-electron chi connectivity index (χ4n) is 3.32. The summed E-state index contributed by atoms with van der Waals surface area (Å²) in [5, 5.41) is 23.7. The molecule has 0 saturated heterocycles. The second kappa shape index (κ2) is 7.32. The molecule has 2 heterocycles. The fourth-order valence-corrected chi connectivity index (χ4v) is 4.70. The molecular weight excluding hydrogens is 368 g/mol. The van der Waals surface area contributed by atoms with E-state index in [2.05, 4.69) is 18.3 Å². The molecule has 1 atom stereocenters. The Kier molecular flexibility index (Phi) is 5.10. The number of nitro groups is 1. The molecule has 0 aliphatic heterocycles. The average Bonchev–Trinajstić information content (AvgIpc) is 2.93. The third-order valence-electron chi connectivity index (χ3n) is 4.80. The van der Waals surface area contributed by atoms with Crippen LogP contribution in [0.25, 0.3) is 0 Å².